The Kier molecular flexibility index (Phi) is 5.93. The number of benzene rings is 2. The fourth-order valence-electron chi connectivity index (χ4n) is 2.79. The minimum Gasteiger partial charge on any atom is -0.495 e. The molecule has 3 aromatic rings. The Morgan fingerprint density at radius 1 is 1.21 bits per heavy atom. The maximum absolute atomic E-state index is 12.8. The van der Waals surface area contributed by atoms with Crippen LogP contribution in [0, 0.1) is 6.92 Å². The Bertz CT molecular complexity index is 952. The first kappa shape index (κ1) is 19.4. The lowest BCUT2D eigenvalue weighted by atomic mass is 10.1. The predicted octanol–water partition coefficient (Wildman–Crippen LogP) is 4.50. The number of rotatable bonds is 6. The van der Waals surface area contributed by atoms with E-state index in [1.54, 1.807) is 24.1 Å². The Morgan fingerprint density at radius 3 is 2.71 bits per heavy atom. The molecule has 0 aliphatic carbocycles. The monoisotopic (exact) mass is 380 g/mol. The van der Waals surface area contributed by atoms with E-state index in [2.05, 4.69) is 15.5 Å². The number of carbonyl (C=O) groups excluding carboxylic acids is 1. The van der Waals surface area contributed by atoms with E-state index in [-0.39, 0.29) is 18.6 Å². The summed E-state index contributed by atoms with van der Waals surface area (Å²) >= 11 is 0. The molecule has 0 unspecified atom stereocenters. The van der Waals surface area contributed by atoms with E-state index in [1.165, 1.54) is 0 Å². The first-order chi connectivity index (χ1) is 13.5. The van der Waals surface area contributed by atoms with Crippen LogP contribution >= 0.6 is 0 Å². The number of aryl methyl sites for hydroxylation is 1. The molecule has 0 bridgehead atoms. The zero-order valence-corrected chi connectivity index (χ0v) is 16.5. The number of methoxy groups -OCH3 is 1. The summed E-state index contributed by atoms with van der Waals surface area (Å²) in [5, 5.41) is 6.93. The van der Waals surface area contributed by atoms with Crippen molar-refractivity contribution in [3.63, 3.8) is 0 Å². The quantitative estimate of drug-likeness (QED) is 0.681. The summed E-state index contributed by atoms with van der Waals surface area (Å²) in [5.74, 6) is 1.48. The van der Waals surface area contributed by atoms with E-state index >= 15 is 0 Å². The van der Waals surface area contributed by atoms with Gasteiger partial charge in [0.2, 0.25) is 11.7 Å². The van der Waals surface area contributed by atoms with Gasteiger partial charge in [0.1, 0.15) is 12.3 Å². The predicted molar refractivity (Wildman–Crippen MR) is 107 cm³/mol. The van der Waals surface area contributed by atoms with Crippen LogP contribution in [-0.2, 0) is 6.54 Å². The van der Waals surface area contributed by atoms with E-state index in [4.69, 9.17) is 9.26 Å². The Hall–Kier alpha value is -3.35. The van der Waals surface area contributed by atoms with Crippen molar-refractivity contribution in [3.8, 4) is 17.1 Å². The van der Waals surface area contributed by atoms with Gasteiger partial charge < -0.3 is 19.5 Å². The van der Waals surface area contributed by atoms with Gasteiger partial charge in [-0.05, 0) is 39.0 Å². The molecule has 0 saturated carbocycles. The Morgan fingerprint density at radius 2 is 2.00 bits per heavy atom. The molecule has 1 heterocycles. The summed E-state index contributed by atoms with van der Waals surface area (Å²) in [7, 11) is 1.57. The molecule has 7 heteroatoms. The van der Waals surface area contributed by atoms with Gasteiger partial charge in [-0.15, -0.1) is 0 Å². The number of nitrogens with one attached hydrogen (secondary N) is 1. The van der Waals surface area contributed by atoms with Gasteiger partial charge in [0, 0.05) is 11.6 Å². The van der Waals surface area contributed by atoms with Gasteiger partial charge in [-0.3, -0.25) is 0 Å². The summed E-state index contributed by atoms with van der Waals surface area (Å²) in [6, 6.07) is 14.8. The van der Waals surface area contributed by atoms with Gasteiger partial charge in [0.25, 0.3) is 0 Å². The van der Waals surface area contributed by atoms with Crippen molar-refractivity contribution in [3.05, 3.63) is 60.0 Å². The number of ether oxygens (including phenoxy) is 1. The number of amides is 2. The third kappa shape index (κ3) is 4.49. The van der Waals surface area contributed by atoms with Crippen molar-refractivity contribution in [1.82, 2.24) is 15.0 Å². The molecular formula is C21H24N4O3. The third-order valence-corrected chi connectivity index (χ3v) is 4.28. The van der Waals surface area contributed by atoms with E-state index < -0.39 is 0 Å². The van der Waals surface area contributed by atoms with Crippen LogP contribution < -0.4 is 10.1 Å². The van der Waals surface area contributed by atoms with Crippen LogP contribution in [0.3, 0.4) is 0 Å². The molecule has 146 valence electrons. The van der Waals surface area contributed by atoms with Crippen molar-refractivity contribution >= 4 is 11.7 Å². The highest BCUT2D eigenvalue weighted by Gasteiger charge is 2.22. The lowest BCUT2D eigenvalue weighted by Crippen LogP contribution is -2.39. The molecule has 1 N–H and O–H groups in total. The number of hydrogen-bond donors (Lipinski definition) is 1. The zero-order chi connectivity index (χ0) is 20.1. The average molecular weight is 380 g/mol. The number of urea groups is 1. The van der Waals surface area contributed by atoms with Gasteiger partial charge in [-0.2, -0.15) is 4.98 Å². The smallest absolute Gasteiger partial charge is 0.322 e. The third-order valence-electron chi connectivity index (χ3n) is 4.28. The van der Waals surface area contributed by atoms with Gasteiger partial charge in [0.15, 0.2) is 0 Å². The highest BCUT2D eigenvalue weighted by atomic mass is 16.5. The summed E-state index contributed by atoms with van der Waals surface area (Å²) in [5.41, 5.74) is 2.60. The van der Waals surface area contributed by atoms with Crippen molar-refractivity contribution in [1.29, 1.82) is 0 Å². The molecule has 7 nitrogen and oxygen atoms in total. The highest BCUT2D eigenvalue weighted by Crippen LogP contribution is 2.24. The number of nitrogens with zero attached hydrogens (tertiary/aromatic N) is 3. The molecule has 2 aromatic carbocycles. The molecule has 1 aromatic heterocycles. The Balaban J connectivity index is 1.75. The first-order valence-electron chi connectivity index (χ1n) is 9.08. The lowest BCUT2D eigenvalue weighted by Gasteiger charge is -2.25. The minimum atomic E-state index is -0.269. The summed E-state index contributed by atoms with van der Waals surface area (Å²) in [6.45, 7) is 6.07. The lowest BCUT2D eigenvalue weighted by molar-refractivity contribution is 0.182. The fourth-order valence-corrected chi connectivity index (χ4v) is 2.79. The Labute approximate surface area is 164 Å². The van der Waals surface area contributed by atoms with Crippen molar-refractivity contribution in [2.24, 2.45) is 0 Å². The van der Waals surface area contributed by atoms with Crippen LogP contribution in [0.1, 0.15) is 25.3 Å². The van der Waals surface area contributed by atoms with E-state index in [1.807, 2.05) is 57.2 Å². The molecule has 0 saturated heterocycles. The molecule has 0 aliphatic rings. The second-order valence-corrected chi connectivity index (χ2v) is 6.73. The van der Waals surface area contributed by atoms with E-state index in [0.29, 0.717) is 23.2 Å². The number of aromatic nitrogens is 2. The van der Waals surface area contributed by atoms with Gasteiger partial charge in [0.05, 0.1) is 12.8 Å². The summed E-state index contributed by atoms with van der Waals surface area (Å²) < 4.78 is 10.7. The molecule has 0 aliphatic heterocycles. The normalized spacial score (nSPS) is 10.8. The standard InChI is InChI=1S/C21H24N4O3/c1-14(2)25(21(26)22-17-10-5-6-11-18(17)27-4)13-19-23-20(24-28-19)16-9-7-8-15(3)12-16/h5-12,14H,13H2,1-4H3,(H,22,26). The average Bonchev–Trinajstić information content (AvgIpc) is 3.15. The van der Waals surface area contributed by atoms with Gasteiger partial charge >= 0.3 is 6.03 Å². The second kappa shape index (κ2) is 8.56. The molecule has 2 amide bonds. The van der Waals surface area contributed by atoms with Crippen molar-refractivity contribution in [2.45, 2.75) is 33.4 Å². The van der Waals surface area contributed by atoms with Crippen molar-refractivity contribution < 1.29 is 14.1 Å². The van der Waals surface area contributed by atoms with Gasteiger partial charge in [-0.1, -0.05) is 41.1 Å². The van der Waals surface area contributed by atoms with Crippen LogP contribution in [0.5, 0.6) is 5.75 Å². The number of para-hydroxylation sites is 2. The van der Waals surface area contributed by atoms with Gasteiger partial charge in [-0.25, -0.2) is 4.79 Å². The topological polar surface area (TPSA) is 80.5 Å². The second-order valence-electron chi connectivity index (χ2n) is 6.73. The van der Waals surface area contributed by atoms with E-state index in [0.717, 1.165) is 11.1 Å². The molecule has 0 atom stereocenters. The maximum atomic E-state index is 12.8. The zero-order valence-electron chi connectivity index (χ0n) is 16.5. The van der Waals surface area contributed by atoms with Crippen LogP contribution in [-0.4, -0.2) is 34.2 Å². The first-order valence-corrected chi connectivity index (χ1v) is 9.08. The highest BCUT2D eigenvalue weighted by molar-refractivity contribution is 5.91. The molecule has 3 rings (SSSR count). The minimum absolute atomic E-state index is 0.0657. The van der Waals surface area contributed by atoms with Crippen LogP contribution in [0.2, 0.25) is 0 Å². The number of anilines is 1. The fraction of sp³-hybridized carbons (Fsp3) is 0.286. The molecule has 28 heavy (non-hydrogen) atoms. The van der Waals surface area contributed by atoms with Crippen LogP contribution in [0.15, 0.2) is 53.1 Å². The van der Waals surface area contributed by atoms with Crippen molar-refractivity contribution in [2.75, 3.05) is 12.4 Å². The van der Waals surface area contributed by atoms with E-state index in [9.17, 15) is 4.79 Å². The summed E-state index contributed by atoms with van der Waals surface area (Å²) in [4.78, 5) is 18.9. The number of hydrogen-bond acceptors (Lipinski definition) is 5. The largest absolute Gasteiger partial charge is 0.495 e. The maximum Gasteiger partial charge on any atom is 0.322 e. The molecule has 0 radical (unpaired) electrons. The van der Waals surface area contributed by atoms with Crippen LogP contribution in [0.25, 0.3) is 11.4 Å². The van der Waals surface area contributed by atoms with Crippen LogP contribution in [0.4, 0.5) is 10.5 Å². The SMILES string of the molecule is COc1ccccc1NC(=O)N(Cc1nc(-c2cccc(C)c2)no1)C(C)C. The molecular weight excluding hydrogens is 356 g/mol. The number of carbonyl (C=O) groups is 1. The molecule has 0 fully saturated rings. The summed E-state index contributed by atoms with van der Waals surface area (Å²) in [6.07, 6.45) is 0. The molecule has 0 spiro atoms.